The largest absolute Gasteiger partial charge is 0.337 e. The lowest BCUT2D eigenvalue weighted by molar-refractivity contribution is 0.341. The molecule has 0 radical (unpaired) electrons. The standard InChI is InChI=1S/C10H15N3O.ClH/c1-6(7-2-3-7)8-12-9(14-13-8)10(11)4-5-10;/h6-7H,2-5,11H2,1H3;1H. The van der Waals surface area contributed by atoms with Crippen LogP contribution in [0.4, 0.5) is 0 Å². The van der Waals surface area contributed by atoms with Gasteiger partial charge in [-0.1, -0.05) is 12.1 Å². The second-order valence-electron chi connectivity index (χ2n) is 4.74. The van der Waals surface area contributed by atoms with Gasteiger partial charge in [-0.2, -0.15) is 4.98 Å². The Morgan fingerprint density at radius 3 is 2.67 bits per heavy atom. The Morgan fingerprint density at radius 1 is 1.47 bits per heavy atom. The van der Waals surface area contributed by atoms with E-state index >= 15 is 0 Å². The molecule has 0 aromatic carbocycles. The van der Waals surface area contributed by atoms with Crippen molar-refractivity contribution in [1.29, 1.82) is 0 Å². The third-order valence-corrected chi connectivity index (χ3v) is 3.39. The fraction of sp³-hybridized carbons (Fsp3) is 0.800. The molecular formula is C10H16ClN3O. The minimum absolute atomic E-state index is 0. The zero-order valence-corrected chi connectivity index (χ0v) is 9.59. The normalized spacial score (nSPS) is 24.4. The van der Waals surface area contributed by atoms with E-state index in [4.69, 9.17) is 10.3 Å². The first-order chi connectivity index (χ1) is 6.69. The van der Waals surface area contributed by atoms with E-state index in [0.717, 1.165) is 24.6 Å². The van der Waals surface area contributed by atoms with Crippen LogP contribution in [0, 0.1) is 5.92 Å². The molecule has 2 saturated carbocycles. The van der Waals surface area contributed by atoms with E-state index in [0.29, 0.717) is 11.8 Å². The van der Waals surface area contributed by atoms with Crippen LogP contribution in [0.1, 0.15) is 50.2 Å². The molecule has 1 unspecified atom stereocenters. The fourth-order valence-corrected chi connectivity index (χ4v) is 1.78. The molecule has 2 aliphatic carbocycles. The molecule has 1 aromatic rings. The van der Waals surface area contributed by atoms with E-state index in [1.807, 2.05) is 0 Å². The van der Waals surface area contributed by atoms with Gasteiger partial charge in [0, 0.05) is 5.92 Å². The molecule has 1 atom stereocenters. The van der Waals surface area contributed by atoms with Gasteiger partial charge < -0.3 is 10.3 Å². The first-order valence-corrected chi connectivity index (χ1v) is 5.32. The predicted molar refractivity (Wildman–Crippen MR) is 57.8 cm³/mol. The molecule has 0 aliphatic heterocycles. The Bertz CT molecular complexity index is 357. The average Bonchev–Trinajstić information content (AvgIpc) is 3.07. The van der Waals surface area contributed by atoms with Crippen molar-refractivity contribution >= 4 is 12.4 Å². The van der Waals surface area contributed by atoms with Crippen molar-refractivity contribution in [1.82, 2.24) is 10.1 Å². The maximum atomic E-state index is 5.98. The van der Waals surface area contributed by atoms with Crippen molar-refractivity contribution in [2.45, 2.75) is 44.1 Å². The van der Waals surface area contributed by atoms with Crippen LogP contribution in [0.2, 0.25) is 0 Å². The molecular weight excluding hydrogens is 214 g/mol. The molecule has 5 heteroatoms. The van der Waals surface area contributed by atoms with Crippen LogP contribution in [-0.4, -0.2) is 10.1 Å². The van der Waals surface area contributed by atoms with Gasteiger partial charge in [-0.25, -0.2) is 0 Å². The van der Waals surface area contributed by atoms with E-state index in [2.05, 4.69) is 17.1 Å². The van der Waals surface area contributed by atoms with Crippen LogP contribution in [0.15, 0.2) is 4.52 Å². The van der Waals surface area contributed by atoms with Crippen LogP contribution in [-0.2, 0) is 5.54 Å². The number of hydrogen-bond acceptors (Lipinski definition) is 4. The second kappa shape index (κ2) is 3.46. The highest BCUT2D eigenvalue weighted by Gasteiger charge is 2.46. The summed E-state index contributed by atoms with van der Waals surface area (Å²) in [7, 11) is 0. The molecule has 0 bridgehead atoms. The molecule has 1 heterocycles. The first-order valence-electron chi connectivity index (χ1n) is 5.32. The topological polar surface area (TPSA) is 64.9 Å². The molecule has 2 aliphatic rings. The third-order valence-electron chi connectivity index (χ3n) is 3.39. The Balaban J connectivity index is 0.000000853. The molecule has 4 nitrogen and oxygen atoms in total. The SMILES string of the molecule is CC(c1noc(C2(N)CC2)n1)C1CC1.Cl. The molecule has 0 saturated heterocycles. The number of aromatic nitrogens is 2. The number of rotatable bonds is 3. The lowest BCUT2D eigenvalue weighted by Crippen LogP contribution is -2.19. The van der Waals surface area contributed by atoms with Gasteiger partial charge in [-0.15, -0.1) is 12.4 Å². The van der Waals surface area contributed by atoms with Gasteiger partial charge >= 0.3 is 0 Å². The highest BCUT2D eigenvalue weighted by Crippen LogP contribution is 2.44. The van der Waals surface area contributed by atoms with Gasteiger partial charge in [-0.3, -0.25) is 0 Å². The summed E-state index contributed by atoms with van der Waals surface area (Å²) in [5.74, 6) is 2.70. The Morgan fingerprint density at radius 2 is 2.13 bits per heavy atom. The molecule has 84 valence electrons. The van der Waals surface area contributed by atoms with E-state index in [9.17, 15) is 0 Å². The summed E-state index contributed by atoms with van der Waals surface area (Å²) in [6.07, 6.45) is 4.57. The summed E-state index contributed by atoms with van der Waals surface area (Å²) in [5.41, 5.74) is 5.69. The monoisotopic (exact) mass is 229 g/mol. The minimum Gasteiger partial charge on any atom is -0.337 e. The Labute approximate surface area is 95.0 Å². The quantitative estimate of drug-likeness (QED) is 0.861. The zero-order valence-electron chi connectivity index (χ0n) is 8.77. The summed E-state index contributed by atoms with van der Waals surface area (Å²) >= 11 is 0. The number of halogens is 1. The van der Waals surface area contributed by atoms with E-state index < -0.39 is 0 Å². The Hall–Kier alpha value is -0.610. The van der Waals surface area contributed by atoms with Crippen molar-refractivity contribution in [3.63, 3.8) is 0 Å². The second-order valence-corrected chi connectivity index (χ2v) is 4.74. The van der Waals surface area contributed by atoms with Crippen molar-refractivity contribution < 1.29 is 4.52 Å². The lowest BCUT2D eigenvalue weighted by atomic mass is 10.1. The van der Waals surface area contributed by atoms with Crippen LogP contribution in [0.25, 0.3) is 0 Å². The van der Waals surface area contributed by atoms with Gasteiger partial charge in [0.1, 0.15) is 0 Å². The van der Waals surface area contributed by atoms with E-state index in [-0.39, 0.29) is 17.9 Å². The number of nitrogens with zero attached hydrogens (tertiary/aromatic N) is 2. The Kier molecular flexibility index (Phi) is 2.51. The molecule has 0 spiro atoms. The summed E-state index contributed by atoms with van der Waals surface area (Å²) in [4.78, 5) is 4.40. The maximum Gasteiger partial charge on any atom is 0.246 e. The van der Waals surface area contributed by atoms with Gasteiger partial charge in [-0.05, 0) is 31.6 Å². The lowest BCUT2D eigenvalue weighted by Gasteiger charge is -2.02. The molecule has 1 aromatic heterocycles. The fourth-order valence-electron chi connectivity index (χ4n) is 1.78. The third kappa shape index (κ3) is 1.88. The average molecular weight is 230 g/mol. The molecule has 3 rings (SSSR count). The predicted octanol–water partition coefficient (Wildman–Crippen LogP) is 1.95. The molecule has 0 amide bonds. The minimum atomic E-state index is -0.283. The van der Waals surface area contributed by atoms with E-state index in [1.165, 1.54) is 12.8 Å². The smallest absolute Gasteiger partial charge is 0.246 e. The van der Waals surface area contributed by atoms with Crippen LogP contribution < -0.4 is 5.73 Å². The summed E-state index contributed by atoms with van der Waals surface area (Å²) in [5, 5.41) is 4.02. The number of hydrogen-bond donors (Lipinski definition) is 1. The summed E-state index contributed by atoms with van der Waals surface area (Å²) in [6, 6.07) is 0. The van der Waals surface area contributed by atoms with Crippen molar-refractivity contribution in [3.8, 4) is 0 Å². The summed E-state index contributed by atoms with van der Waals surface area (Å²) < 4.78 is 5.20. The van der Waals surface area contributed by atoms with Gasteiger partial charge in [0.2, 0.25) is 5.89 Å². The highest BCUT2D eigenvalue weighted by molar-refractivity contribution is 5.85. The highest BCUT2D eigenvalue weighted by atomic mass is 35.5. The van der Waals surface area contributed by atoms with Crippen molar-refractivity contribution in [2.75, 3.05) is 0 Å². The first kappa shape index (κ1) is 10.9. The number of nitrogens with two attached hydrogens (primary N) is 1. The van der Waals surface area contributed by atoms with E-state index in [1.54, 1.807) is 0 Å². The summed E-state index contributed by atoms with van der Waals surface area (Å²) in [6.45, 7) is 2.17. The van der Waals surface area contributed by atoms with Gasteiger partial charge in [0.15, 0.2) is 5.82 Å². The van der Waals surface area contributed by atoms with Crippen molar-refractivity contribution in [2.24, 2.45) is 11.7 Å². The van der Waals surface area contributed by atoms with Crippen LogP contribution in [0.5, 0.6) is 0 Å². The zero-order chi connectivity index (χ0) is 9.76. The van der Waals surface area contributed by atoms with Gasteiger partial charge in [0.25, 0.3) is 0 Å². The molecule has 2 N–H and O–H groups in total. The van der Waals surface area contributed by atoms with Crippen molar-refractivity contribution in [3.05, 3.63) is 11.7 Å². The van der Waals surface area contributed by atoms with Gasteiger partial charge in [0.05, 0.1) is 5.54 Å². The molecule has 15 heavy (non-hydrogen) atoms. The van der Waals surface area contributed by atoms with Crippen LogP contribution >= 0.6 is 12.4 Å². The van der Waals surface area contributed by atoms with Crippen LogP contribution in [0.3, 0.4) is 0 Å². The maximum absolute atomic E-state index is 5.98. The molecule has 2 fully saturated rings.